The van der Waals surface area contributed by atoms with Crippen molar-refractivity contribution >= 4 is 16.6 Å². The van der Waals surface area contributed by atoms with Crippen molar-refractivity contribution in [3.05, 3.63) is 23.9 Å². The van der Waals surface area contributed by atoms with Gasteiger partial charge in [0.15, 0.2) is 0 Å². The minimum atomic E-state index is -0.718. The Morgan fingerprint density at radius 3 is 2.69 bits per heavy atom. The minimum absolute atomic E-state index is 0.698. The first kappa shape index (κ1) is 13.1. The Morgan fingerprint density at radius 2 is 2.19 bits per heavy atom. The molecular formula is C11H19N3OS. The molecule has 1 aromatic heterocycles. The summed E-state index contributed by atoms with van der Waals surface area (Å²) in [5.74, 6) is 1.65. The Hall–Kier alpha value is -0.940. The third-order valence-corrected chi connectivity index (χ3v) is 2.94. The summed E-state index contributed by atoms with van der Waals surface area (Å²) >= 11 is 0. The lowest BCUT2D eigenvalue weighted by Crippen LogP contribution is -2.20. The minimum Gasteiger partial charge on any atom is -0.363 e. The number of nitrogens with zero attached hydrogens (tertiary/aromatic N) is 2. The van der Waals surface area contributed by atoms with Gasteiger partial charge < -0.3 is 10.2 Å². The molecule has 0 aromatic carbocycles. The Bertz CT molecular complexity index is 338. The molecule has 16 heavy (non-hydrogen) atoms. The molecule has 0 aliphatic heterocycles. The van der Waals surface area contributed by atoms with Crippen LogP contribution >= 0.6 is 0 Å². The molecule has 0 spiro atoms. The van der Waals surface area contributed by atoms with Gasteiger partial charge in [-0.1, -0.05) is 6.07 Å². The summed E-state index contributed by atoms with van der Waals surface area (Å²) in [6, 6.07) is 4.05. The Kier molecular flexibility index (Phi) is 5.42. The first-order valence-electron chi connectivity index (χ1n) is 5.22. The number of rotatable bonds is 6. The van der Waals surface area contributed by atoms with E-state index in [0.717, 1.165) is 24.5 Å². The Balaban J connectivity index is 2.35. The fourth-order valence-corrected chi connectivity index (χ4v) is 1.67. The highest BCUT2D eigenvalue weighted by molar-refractivity contribution is 7.84. The van der Waals surface area contributed by atoms with E-state index in [1.54, 1.807) is 6.26 Å². The molecule has 0 fully saturated rings. The van der Waals surface area contributed by atoms with Gasteiger partial charge in [0, 0.05) is 56.2 Å². The molecule has 1 heterocycles. The second kappa shape index (κ2) is 6.60. The van der Waals surface area contributed by atoms with Crippen LogP contribution in [-0.4, -0.2) is 41.8 Å². The molecule has 5 heteroatoms. The molecule has 4 nitrogen and oxygen atoms in total. The van der Waals surface area contributed by atoms with Crippen LogP contribution in [0, 0.1) is 0 Å². The van der Waals surface area contributed by atoms with E-state index in [0.29, 0.717) is 5.75 Å². The number of nitrogens with one attached hydrogen (secondary N) is 1. The van der Waals surface area contributed by atoms with Crippen molar-refractivity contribution in [1.29, 1.82) is 0 Å². The van der Waals surface area contributed by atoms with Crippen molar-refractivity contribution in [2.75, 3.05) is 37.5 Å². The molecule has 0 aliphatic carbocycles. The first-order valence-corrected chi connectivity index (χ1v) is 6.95. The fourth-order valence-electron chi connectivity index (χ4n) is 1.23. The SMILES string of the molecule is CN(C)c1ccc(CNCCS(C)=O)cn1. The average Bonchev–Trinajstić information content (AvgIpc) is 2.25. The molecule has 0 aliphatic rings. The van der Waals surface area contributed by atoms with E-state index >= 15 is 0 Å². The molecule has 90 valence electrons. The van der Waals surface area contributed by atoms with Crippen LogP contribution in [0.3, 0.4) is 0 Å². The topological polar surface area (TPSA) is 45.2 Å². The summed E-state index contributed by atoms with van der Waals surface area (Å²) in [5, 5.41) is 3.24. The van der Waals surface area contributed by atoms with Crippen molar-refractivity contribution in [2.45, 2.75) is 6.54 Å². The summed E-state index contributed by atoms with van der Waals surface area (Å²) in [4.78, 5) is 6.29. The summed E-state index contributed by atoms with van der Waals surface area (Å²) < 4.78 is 10.8. The van der Waals surface area contributed by atoms with E-state index in [4.69, 9.17) is 0 Å². The van der Waals surface area contributed by atoms with Gasteiger partial charge >= 0.3 is 0 Å². The predicted octanol–water partition coefficient (Wildman–Crippen LogP) is 0.616. The van der Waals surface area contributed by atoms with E-state index in [9.17, 15) is 4.21 Å². The summed E-state index contributed by atoms with van der Waals surface area (Å²) in [6.07, 6.45) is 3.58. The van der Waals surface area contributed by atoms with Gasteiger partial charge in [0.1, 0.15) is 5.82 Å². The molecule has 1 unspecified atom stereocenters. The summed E-state index contributed by atoms with van der Waals surface area (Å²) in [6.45, 7) is 1.55. The normalized spacial score (nSPS) is 12.4. The van der Waals surface area contributed by atoms with E-state index in [-0.39, 0.29) is 0 Å². The zero-order chi connectivity index (χ0) is 12.0. The van der Waals surface area contributed by atoms with Crippen LogP contribution in [0.2, 0.25) is 0 Å². The lowest BCUT2D eigenvalue weighted by atomic mass is 10.3. The molecular weight excluding hydrogens is 222 g/mol. The van der Waals surface area contributed by atoms with Crippen LogP contribution in [0.5, 0.6) is 0 Å². The van der Waals surface area contributed by atoms with Gasteiger partial charge in [-0.2, -0.15) is 0 Å². The number of hydrogen-bond acceptors (Lipinski definition) is 4. The zero-order valence-electron chi connectivity index (χ0n) is 10.1. The maximum Gasteiger partial charge on any atom is 0.127 e. The highest BCUT2D eigenvalue weighted by atomic mass is 32.2. The van der Waals surface area contributed by atoms with Crippen LogP contribution < -0.4 is 10.2 Å². The fraction of sp³-hybridized carbons (Fsp3) is 0.545. The largest absolute Gasteiger partial charge is 0.363 e. The maximum atomic E-state index is 10.8. The van der Waals surface area contributed by atoms with Crippen LogP contribution in [0.4, 0.5) is 5.82 Å². The van der Waals surface area contributed by atoms with Crippen LogP contribution in [-0.2, 0) is 17.3 Å². The van der Waals surface area contributed by atoms with Gasteiger partial charge in [0.2, 0.25) is 0 Å². The molecule has 0 bridgehead atoms. The summed E-state index contributed by atoms with van der Waals surface area (Å²) in [5.41, 5.74) is 1.15. The van der Waals surface area contributed by atoms with Crippen molar-refractivity contribution < 1.29 is 4.21 Å². The third kappa shape index (κ3) is 4.72. The van der Waals surface area contributed by atoms with E-state index in [1.807, 2.05) is 31.3 Å². The number of aromatic nitrogens is 1. The smallest absolute Gasteiger partial charge is 0.127 e. The van der Waals surface area contributed by atoms with E-state index in [1.165, 1.54) is 0 Å². The number of anilines is 1. The van der Waals surface area contributed by atoms with Crippen molar-refractivity contribution in [3.63, 3.8) is 0 Å². The second-order valence-corrected chi connectivity index (χ2v) is 5.43. The lowest BCUT2D eigenvalue weighted by Gasteiger charge is -2.11. The summed E-state index contributed by atoms with van der Waals surface area (Å²) in [7, 11) is 3.22. The van der Waals surface area contributed by atoms with Crippen LogP contribution in [0.15, 0.2) is 18.3 Å². The zero-order valence-corrected chi connectivity index (χ0v) is 10.9. The molecule has 1 aromatic rings. The number of hydrogen-bond donors (Lipinski definition) is 1. The van der Waals surface area contributed by atoms with Gasteiger partial charge in [-0.05, 0) is 11.6 Å². The molecule has 1 rings (SSSR count). The predicted molar refractivity (Wildman–Crippen MR) is 69.2 cm³/mol. The molecule has 1 N–H and O–H groups in total. The lowest BCUT2D eigenvalue weighted by molar-refractivity contribution is 0.676. The van der Waals surface area contributed by atoms with Crippen molar-refractivity contribution in [1.82, 2.24) is 10.3 Å². The Morgan fingerprint density at radius 1 is 1.44 bits per heavy atom. The second-order valence-electron chi connectivity index (χ2n) is 3.87. The Labute approximate surface area is 99.5 Å². The standard InChI is InChI=1S/C11H19N3OS/c1-14(2)11-5-4-10(9-13-11)8-12-6-7-16(3)15/h4-5,9,12H,6-8H2,1-3H3. The molecule has 1 atom stereocenters. The first-order chi connectivity index (χ1) is 7.59. The van der Waals surface area contributed by atoms with Gasteiger partial charge in [0.05, 0.1) is 0 Å². The van der Waals surface area contributed by atoms with Gasteiger partial charge in [-0.15, -0.1) is 0 Å². The van der Waals surface area contributed by atoms with E-state index < -0.39 is 10.8 Å². The monoisotopic (exact) mass is 241 g/mol. The third-order valence-electron chi connectivity index (χ3n) is 2.16. The average molecular weight is 241 g/mol. The maximum absolute atomic E-state index is 10.8. The quantitative estimate of drug-likeness (QED) is 0.742. The van der Waals surface area contributed by atoms with Crippen molar-refractivity contribution in [2.24, 2.45) is 0 Å². The molecule has 0 amide bonds. The van der Waals surface area contributed by atoms with Crippen LogP contribution in [0.25, 0.3) is 0 Å². The highest BCUT2D eigenvalue weighted by Crippen LogP contribution is 2.07. The highest BCUT2D eigenvalue weighted by Gasteiger charge is 1.97. The van der Waals surface area contributed by atoms with Gasteiger partial charge in [-0.3, -0.25) is 4.21 Å². The molecule has 0 radical (unpaired) electrons. The van der Waals surface area contributed by atoms with Crippen molar-refractivity contribution in [3.8, 4) is 0 Å². The van der Waals surface area contributed by atoms with Gasteiger partial charge in [0.25, 0.3) is 0 Å². The number of pyridine rings is 1. The van der Waals surface area contributed by atoms with Gasteiger partial charge in [-0.25, -0.2) is 4.98 Å². The molecule has 0 saturated carbocycles. The van der Waals surface area contributed by atoms with E-state index in [2.05, 4.69) is 16.4 Å². The van der Waals surface area contributed by atoms with Crippen LogP contribution in [0.1, 0.15) is 5.56 Å². The molecule has 0 saturated heterocycles.